The number of amides is 3. The molecule has 1 heterocycles. The van der Waals surface area contributed by atoms with Crippen molar-refractivity contribution in [3.05, 3.63) is 29.8 Å². The van der Waals surface area contributed by atoms with Gasteiger partial charge in [-0.25, -0.2) is 4.79 Å². The number of nitrogens with one attached hydrogen (secondary N) is 1. The zero-order chi connectivity index (χ0) is 16.3. The van der Waals surface area contributed by atoms with Gasteiger partial charge in [0.2, 0.25) is 0 Å². The number of nitrogens with zero attached hydrogens (tertiary/aromatic N) is 2. The molecule has 1 aromatic rings. The van der Waals surface area contributed by atoms with Crippen molar-refractivity contribution in [3.63, 3.8) is 0 Å². The van der Waals surface area contributed by atoms with Crippen molar-refractivity contribution in [1.29, 1.82) is 5.26 Å². The topological polar surface area (TPSA) is 82.4 Å². The summed E-state index contributed by atoms with van der Waals surface area (Å²) in [6.45, 7) is 5.63. The van der Waals surface area contributed by atoms with Crippen LogP contribution in [0.25, 0.3) is 0 Å². The van der Waals surface area contributed by atoms with Crippen LogP contribution in [0.5, 0.6) is 5.75 Å². The van der Waals surface area contributed by atoms with Crippen LogP contribution in [-0.4, -0.2) is 29.5 Å². The molecule has 3 amide bonds. The summed E-state index contributed by atoms with van der Waals surface area (Å²) in [6, 6.07) is 8.56. The number of nitriles is 1. The average Bonchev–Trinajstić information content (AvgIpc) is 2.68. The van der Waals surface area contributed by atoms with Crippen molar-refractivity contribution in [2.75, 3.05) is 6.54 Å². The molecule has 1 atom stereocenters. The molecule has 1 N–H and O–H groups in total. The lowest BCUT2D eigenvalue weighted by Crippen LogP contribution is -2.40. The molecule has 1 aliphatic heterocycles. The van der Waals surface area contributed by atoms with E-state index in [1.54, 1.807) is 31.2 Å². The van der Waals surface area contributed by atoms with E-state index in [1.807, 2.05) is 19.9 Å². The van der Waals surface area contributed by atoms with Crippen LogP contribution in [0.15, 0.2) is 24.3 Å². The maximum atomic E-state index is 12.5. The second-order valence-electron chi connectivity index (χ2n) is 5.61. The van der Waals surface area contributed by atoms with Crippen molar-refractivity contribution in [3.8, 4) is 11.8 Å². The van der Waals surface area contributed by atoms with E-state index in [-0.39, 0.29) is 25.0 Å². The molecule has 0 radical (unpaired) electrons. The Morgan fingerprint density at radius 2 is 1.95 bits per heavy atom. The maximum absolute atomic E-state index is 12.5. The van der Waals surface area contributed by atoms with Gasteiger partial charge in [-0.05, 0) is 38.5 Å². The Hall–Kier alpha value is -2.55. The number of hydrogen-bond donors (Lipinski definition) is 1. The molecule has 6 heteroatoms. The third kappa shape index (κ3) is 2.89. The summed E-state index contributed by atoms with van der Waals surface area (Å²) in [6.07, 6.45) is 0.187. The van der Waals surface area contributed by atoms with E-state index in [2.05, 4.69) is 5.32 Å². The molecular weight excluding hydrogens is 282 g/mol. The summed E-state index contributed by atoms with van der Waals surface area (Å²) >= 11 is 0. The van der Waals surface area contributed by atoms with Crippen LogP contribution in [0.3, 0.4) is 0 Å². The number of ether oxygens (including phenoxy) is 1. The van der Waals surface area contributed by atoms with E-state index in [0.717, 1.165) is 4.90 Å². The quantitative estimate of drug-likeness (QED) is 0.845. The highest BCUT2D eigenvalue weighted by molar-refractivity contribution is 6.07. The molecule has 22 heavy (non-hydrogen) atoms. The molecule has 0 aliphatic carbocycles. The first-order valence-electron chi connectivity index (χ1n) is 7.16. The van der Waals surface area contributed by atoms with Crippen LogP contribution >= 0.6 is 0 Å². The molecule has 6 nitrogen and oxygen atoms in total. The minimum Gasteiger partial charge on any atom is -0.491 e. The Labute approximate surface area is 129 Å². The third-order valence-electron chi connectivity index (χ3n) is 3.53. The van der Waals surface area contributed by atoms with Gasteiger partial charge < -0.3 is 10.1 Å². The Kier molecular flexibility index (Phi) is 4.36. The molecule has 0 aromatic heterocycles. The number of imide groups is 1. The van der Waals surface area contributed by atoms with Crippen LogP contribution < -0.4 is 10.1 Å². The SMILES string of the molecule is CC(C)Oc1ccc(C2(C)NC(=O)N(CCC#N)C2=O)cc1. The van der Waals surface area contributed by atoms with Crippen LogP contribution in [0.1, 0.15) is 32.8 Å². The van der Waals surface area contributed by atoms with Gasteiger partial charge in [0.15, 0.2) is 0 Å². The van der Waals surface area contributed by atoms with Gasteiger partial charge in [0.05, 0.1) is 18.6 Å². The fraction of sp³-hybridized carbons (Fsp3) is 0.438. The second-order valence-corrected chi connectivity index (χ2v) is 5.61. The third-order valence-corrected chi connectivity index (χ3v) is 3.53. The fourth-order valence-corrected chi connectivity index (χ4v) is 2.40. The predicted molar refractivity (Wildman–Crippen MR) is 80.0 cm³/mol. The highest BCUT2D eigenvalue weighted by Gasteiger charge is 2.48. The zero-order valence-corrected chi connectivity index (χ0v) is 12.9. The summed E-state index contributed by atoms with van der Waals surface area (Å²) in [5.74, 6) is 0.366. The predicted octanol–water partition coefficient (Wildman–Crippen LogP) is 2.15. The Morgan fingerprint density at radius 1 is 1.32 bits per heavy atom. The van der Waals surface area contributed by atoms with E-state index in [9.17, 15) is 9.59 Å². The first kappa shape index (κ1) is 15.8. The van der Waals surface area contributed by atoms with Crippen molar-refractivity contribution < 1.29 is 14.3 Å². The molecule has 1 unspecified atom stereocenters. The Morgan fingerprint density at radius 3 is 2.50 bits per heavy atom. The van der Waals surface area contributed by atoms with E-state index in [0.29, 0.717) is 11.3 Å². The van der Waals surface area contributed by atoms with Crippen molar-refractivity contribution >= 4 is 11.9 Å². The first-order valence-corrected chi connectivity index (χ1v) is 7.16. The van der Waals surface area contributed by atoms with Crippen LogP contribution in [0, 0.1) is 11.3 Å². The van der Waals surface area contributed by atoms with E-state index >= 15 is 0 Å². The van der Waals surface area contributed by atoms with E-state index < -0.39 is 11.6 Å². The molecule has 2 rings (SSSR count). The maximum Gasteiger partial charge on any atom is 0.325 e. The Balaban J connectivity index is 2.22. The van der Waals surface area contributed by atoms with Gasteiger partial charge in [-0.2, -0.15) is 5.26 Å². The number of carbonyl (C=O) groups excluding carboxylic acids is 2. The summed E-state index contributed by atoms with van der Waals surface area (Å²) in [5, 5.41) is 11.3. The molecule has 1 saturated heterocycles. The minimum absolute atomic E-state index is 0.0655. The van der Waals surface area contributed by atoms with Gasteiger partial charge in [-0.3, -0.25) is 9.69 Å². The molecule has 116 valence electrons. The van der Waals surface area contributed by atoms with Crippen LogP contribution in [-0.2, 0) is 10.3 Å². The standard InChI is InChI=1S/C16H19N3O3/c1-11(2)22-13-7-5-12(6-8-13)16(3)14(20)19(10-4-9-17)15(21)18-16/h5-8,11H,4,10H2,1-3H3,(H,18,21). The van der Waals surface area contributed by atoms with Gasteiger partial charge in [0.25, 0.3) is 5.91 Å². The largest absolute Gasteiger partial charge is 0.491 e. The number of carbonyl (C=O) groups is 2. The van der Waals surface area contributed by atoms with Crippen molar-refractivity contribution in [2.24, 2.45) is 0 Å². The first-order chi connectivity index (χ1) is 10.4. The summed E-state index contributed by atoms with van der Waals surface area (Å²) in [7, 11) is 0. The van der Waals surface area contributed by atoms with E-state index in [1.165, 1.54) is 0 Å². The highest BCUT2D eigenvalue weighted by atomic mass is 16.5. The second kappa shape index (κ2) is 6.06. The van der Waals surface area contributed by atoms with Gasteiger partial charge in [0, 0.05) is 6.54 Å². The molecule has 1 fully saturated rings. The molecule has 0 spiro atoms. The number of hydrogen-bond acceptors (Lipinski definition) is 4. The van der Waals surface area contributed by atoms with Crippen molar-refractivity contribution in [1.82, 2.24) is 10.2 Å². The van der Waals surface area contributed by atoms with Gasteiger partial charge >= 0.3 is 6.03 Å². The summed E-state index contributed by atoms with van der Waals surface area (Å²) < 4.78 is 5.57. The highest BCUT2D eigenvalue weighted by Crippen LogP contribution is 2.30. The molecular formula is C16H19N3O3. The normalized spacial score (nSPS) is 21.0. The molecule has 1 aliphatic rings. The minimum atomic E-state index is -1.11. The molecule has 0 bridgehead atoms. The number of rotatable bonds is 5. The lowest BCUT2D eigenvalue weighted by atomic mass is 9.92. The lowest BCUT2D eigenvalue weighted by molar-refractivity contribution is -0.131. The lowest BCUT2D eigenvalue weighted by Gasteiger charge is -2.22. The fourth-order valence-electron chi connectivity index (χ4n) is 2.40. The van der Waals surface area contributed by atoms with Crippen molar-refractivity contribution in [2.45, 2.75) is 38.8 Å². The van der Waals surface area contributed by atoms with Gasteiger partial charge in [-0.15, -0.1) is 0 Å². The van der Waals surface area contributed by atoms with Gasteiger partial charge in [0.1, 0.15) is 11.3 Å². The number of urea groups is 1. The molecule has 0 saturated carbocycles. The summed E-state index contributed by atoms with van der Waals surface area (Å²) in [5.41, 5.74) is -0.426. The molecule has 1 aromatic carbocycles. The number of benzene rings is 1. The van der Waals surface area contributed by atoms with Gasteiger partial charge in [-0.1, -0.05) is 12.1 Å². The van der Waals surface area contributed by atoms with Crippen LogP contribution in [0.4, 0.5) is 4.79 Å². The summed E-state index contributed by atoms with van der Waals surface area (Å²) in [4.78, 5) is 25.5. The monoisotopic (exact) mass is 301 g/mol. The zero-order valence-electron chi connectivity index (χ0n) is 12.9. The van der Waals surface area contributed by atoms with E-state index in [4.69, 9.17) is 10.00 Å². The average molecular weight is 301 g/mol. The Bertz CT molecular complexity index is 619. The smallest absolute Gasteiger partial charge is 0.325 e. The van der Waals surface area contributed by atoms with Crippen LogP contribution in [0.2, 0.25) is 0 Å².